The molecule has 1 heterocycles. The van der Waals surface area contributed by atoms with Crippen molar-refractivity contribution >= 4 is 28.9 Å². The van der Waals surface area contributed by atoms with E-state index in [0.717, 1.165) is 10.7 Å². The van der Waals surface area contributed by atoms with Gasteiger partial charge in [0.2, 0.25) is 0 Å². The Labute approximate surface area is 157 Å². The van der Waals surface area contributed by atoms with Gasteiger partial charge in [0.1, 0.15) is 0 Å². The van der Waals surface area contributed by atoms with E-state index in [0.29, 0.717) is 16.3 Å². The highest BCUT2D eigenvalue weighted by molar-refractivity contribution is 6.30. The minimum atomic E-state index is -4.54. The van der Waals surface area contributed by atoms with Crippen molar-refractivity contribution in [2.75, 3.05) is 11.1 Å². The van der Waals surface area contributed by atoms with Crippen molar-refractivity contribution in [2.45, 2.75) is 13.1 Å². The molecule has 3 rings (SSSR count). The van der Waals surface area contributed by atoms with Crippen molar-refractivity contribution in [2.24, 2.45) is 0 Å². The van der Waals surface area contributed by atoms with E-state index in [2.05, 4.69) is 10.4 Å². The zero-order chi connectivity index (χ0) is 19.8. The number of nitrogens with one attached hydrogen (secondary N) is 1. The van der Waals surface area contributed by atoms with E-state index in [4.69, 9.17) is 17.3 Å². The summed E-state index contributed by atoms with van der Waals surface area (Å²) in [5.41, 5.74) is 6.51. The van der Waals surface area contributed by atoms with Crippen LogP contribution in [0, 0.1) is 6.92 Å². The summed E-state index contributed by atoms with van der Waals surface area (Å²) >= 11 is 5.79. The Morgan fingerprint density at radius 2 is 1.81 bits per heavy atom. The lowest BCUT2D eigenvalue weighted by molar-refractivity contribution is -0.141. The summed E-state index contributed by atoms with van der Waals surface area (Å²) in [5, 5.41) is 6.75. The predicted octanol–water partition coefficient (Wildman–Crippen LogP) is 4.69. The Balaban J connectivity index is 1.85. The second-order valence-corrected chi connectivity index (χ2v) is 6.25. The average molecular weight is 395 g/mol. The molecule has 0 aliphatic rings. The monoisotopic (exact) mass is 394 g/mol. The molecule has 0 unspecified atom stereocenters. The molecule has 5 nitrogen and oxygen atoms in total. The standard InChI is InChI=1S/C18H14ClF3N4O/c1-10-8-16(18(20,21)22)25-26(10)15-7-6-13(9-14(15)23)24-17(27)11-2-4-12(19)5-3-11/h2-9H,23H2,1H3,(H,24,27). The zero-order valence-electron chi connectivity index (χ0n) is 14.0. The zero-order valence-corrected chi connectivity index (χ0v) is 14.8. The van der Waals surface area contributed by atoms with Crippen molar-refractivity contribution in [3.8, 4) is 5.69 Å². The van der Waals surface area contributed by atoms with Gasteiger partial charge in [-0.1, -0.05) is 11.6 Å². The van der Waals surface area contributed by atoms with Crippen molar-refractivity contribution in [3.05, 3.63) is 70.5 Å². The molecule has 0 fully saturated rings. The van der Waals surface area contributed by atoms with Crippen molar-refractivity contribution in [1.82, 2.24) is 9.78 Å². The van der Waals surface area contributed by atoms with Crippen LogP contribution in [0.15, 0.2) is 48.5 Å². The quantitative estimate of drug-likeness (QED) is 0.633. The Bertz CT molecular complexity index is 997. The van der Waals surface area contributed by atoms with E-state index in [-0.39, 0.29) is 23.0 Å². The number of nitrogens with two attached hydrogens (primary N) is 1. The summed E-state index contributed by atoms with van der Waals surface area (Å²) in [7, 11) is 0. The van der Waals surface area contributed by atoms with Crippen LogP contribution in [0.2, 0.25) is 5.02 Å². The number of hydrogen-bond donors (Lipinski definition) is 2. The number of hydrogen-bond acceptors (Lipinski definition) is 3. The Morgan fingerprint density at radius 1 is 1.15 bits per heavy atom. The van der Waals surface area contributed by atoms with Gasteiger partial charge in [-0.15, -0.1) is 0 Å². The van der Waals surface area contributed by atoms with Gasteiger partial charge in [-0.3, -0.25) is 4.79 Å². The second-order valence-electron chi connectivity index (χ2n) is 5.82. The SMILES string of the molecule is Cc1cc(C(F)(F)F)nn1-c1ccc(NC(=O)c2ccc(Cl)cc2)cc1N. The highest BCUT2D eigenvalue weighted by atomic mass is 35.5. The number of amides is 1. The van der Waals surface area contributed by atoms with E-state index >= 15 is 0 Å². The molecular weight excluding hydrogens is 381 g/mol. The van der Waals surface area contributed by atoms with E-state index < -0.39 is 11.9 Å². The van der Waals surface area contributed by atoms with Gasteiger partial charge in [0.25, 0.3) is 5.91 Å². The number of nitrogens with zero attached hydrogens (tertiary/aromatic N) is 2. The first-order chi connectivity index (χ1) is 12.6. The second kappa shape index (κ2) is 6.96. The number of nitrogen functional groups attached to an aromatic ring is 1. The molecule has 3 aromatic rings. The fraction of sp³-hybridized carbons (Fsp3) is 0.111. The number of aromatic nitrogens is 2. The molecular formula is C18H14ClF3N4O. The van der Waals surface area contributed by atoms with E-state index in [1.165, 1.54) is 25.1 Å². The molecule has 2 aromatic carbocycles. The third kappa shape index (κ3) is 4.06. The molecule has 0 spiro atoms. The fourth-order valence-electron chi connectivity index (χ4n) is 2.49. The summed E-state index contributed by atoms with van der Waals surface area (Å²) in [6.07, 6.45) is -4.54. The van der Waals surface area contributed by atoms with Crippen molar-refractivity contribution in [1.29, 1.82) is 0 Å². The van der Waals surface area contributed by atoms with E-state index in [1.54, 1.807) is 24.3 Å². The topological polar surface area (TPSA) is 72.9 Å². The van der Waals surface area contributed by atoms with Crippen LogP contribution in [0.1, 0.15) is 21.7 Å². The molecule has 27 heavy (non-hydrogen) atoms. The first kappa shape index (κ1) is 18.8. The van der Waals surface area contributed by atoms with Crippen LogP contribution in [0.5, 0.6) is 0 Å². The Morgan fingerprint density at radius 3 is 2.37 bits per heavy atom. The fourth-order valence-corrected chi connectivity index (χ4v) is 2.61. The molecule has 0 radical (unpaired) electrons. The minimum Gasteiger partial charge on any atom is -0.397 e. The smallest absolute Gasteiger partial charge is 0.397 e. The molecule has 0 saturated heterocycles. The molecule has 0 bridgehead atoms. The van der Waals surface area contributed by atoms with Crippen molar-refractivity contribution in [3.63, 3.8) is 0 Å². The van der Waals surface area contributed by atoms with Crippen molar-refractivity contribution < 1.29 is 18.0 Å². The number of benzene rings is 2. The number of halogens is 4. The highest BCUT2D eigenvalue weighted by Crippen LogP contribution is 2.30. The van der Waals surface area contributed by atoms with E-state index in [1.807, 2.05) is 0 Å². The molecule has 0 aliphatic heterocycles. The third-order valence-corrected chi connectivity index (χ3v) is 4.05. The first-order valence-corrected chi connectivity index (χ1v) is 8.13. The van der Waals surface area contributed by atoms with E-state index in [9.17, 15) is 18.0 Å². The number of anilines is 2. The molecule has 0 atom stereocenters. The normalized spacial score (nSPS) is 11.4. The molecule has 0 aliphatic carbocycles. The number of alkyl halides is 3. The van der Waals surface area contributed by atoms with Crippen LogP contribution in [0.4, 0.5) is 24.5 Å². The number of carbonyl (C=O) groups excluding carboxylic acids is 1. The maximum Gasteiger partial charge on any atom is 0.435 e. The maximum absolute atomic E-state index is 12.8. The lowest BCUT2D eigenvalue weighted by Crippen LogP contribution is -2.13. The van der Waals surface area contributed by atoms with Gasteiger partial charge in [0.05, 0.1) is 11.4 Å². The number of carbonyl (C=O) groups is 1. The summed E-state index contributed by atoms with van der Waals surface area (Å²) in [4.78, 5) is 12.2. The van der Waals surface area contributed by atoms with Crippen LogP contribution < -0.4 is 11.1 Å². The lowest BCUT2D eigenvalue weighted by atomic mass is 10.2. The molecule has 140 valence electrons. The van der Waals surface area contributed by atoms with Gasteiger partial charge in [0, 0.05) is 22.0 Å². The summed E-state index contributed by atoms with van der Waals surface area (Å²) in [6.45, 7) is 1.50. The lowest BCUT2D eigenvalue weighted by Gasteiger charge is -2.11. The third-order valence-electron chi connectivity index (χ3n) is 3.80. The van der Waals surface area contributed by atoms with Crippen LogP contribution >= 0.6 is 11.6 Å². The largest absolute Gasteiger partial charge is 0.435 e. The van der Waals surface area contributed by atoms with Crippen LogP contribution in [-0.2, 0) is 6.18 Å². The van der Waals surface area contributed by atoms with Gasteiger partial charge < -0.3 is 11.1 Å². The summed E-state index contributed by atoms with van der Waals surface area (Å²) < 4.78 is 39.6. The molecule has 1 aromatic heterocycles. The molecule has 3 N–H and O–H groups in total. The van der Waals surface area contributed by atoms with Gasteiger partial charge in [-0.2, -0.15) is 18.3 Å². The van der Waals surface area contributed by atoms with Gasteiger partial charge >= 0.3 is 6.18 Å². The number of rotatable bonds is 3. The van der Waals surface area contributed by atoms with Gasteiger partial charge in [-0.05, 0) is 55.5 Å². The Hall–Kier alpha value is -3.00. The molecule has 1 amide bonds. The maximum atomic E-state index is 12.8. The molecule has 0 saturated carbocycles. The average Bonchev–Trinajstić information content (AvgIpc) is 2.97. The predicted molar refractivity (Wildman–Crippen MR) is 97.1 cm³/mol. The summed E-state index contributed by atoms with van der Waals surface area (Å²) in [6, 6.07) is 11.7. The molecule has 9 heteroatoms. The Kier molecular flexibility index (Phi) is 4.84. The number of aryl methyl sites for hydroxylation is 1. The first-order valence-electron chi connectivity index (χ1n) is 7.76. The minimum absolute atomic E-state index is 0.170. The van der Waals surface area contributed by atoms with Gasteiger partial charge in [-0.25, -0.2) is 4.68 Å². The summed E-state index contributed by atoms with van der Waals surface area (Å²) in [5.74, 6) is -0.367. The van der Waals surface area contributed by atoms with Crippen LogP contribution in [0.25, 0.3) is 5.69 Å². The highest BCUT2D eigenvalue weighted by Gasteiger charge is 2.34. The van der Waals surface area contributed by atoms with Crippen LogP contribution in [-0.4, -0.2) is 15.7 Å². The van der Waals surface area contributed by atoms with Crippen LogP contribution in [0.3, 0.4) is 0 Å². The van der Waals surface area contributed by atoms with Gasteiger partial charge in [0.15, 0.2) is 5.69 Å².